The Balaban J connectivity index is 1.86. The molecule has 8 heteroatoms. The fraction of sp³-hybridized carbons (Fsp3) is 0.400. The first-order valence-corrected chi connectivity index (χ1v) is 10.9. The highest BCUT2D eigenvalue weighted by atomic mass is 32.2. The molecule has 4 rings (SSSR count). The minimum Gasteiger partial charge on any atom is -0.347 e. The van der Waals surface area contributed by atoms with Crippen molar-refractivity contribution in [1.82, 2.24) is 14.7 Å². The largest absolute Gasteiger partial charge is 0.347 e. The third kappa shape index (κ3) is 3.11. The van der Waals surface area contributed by atoms with Crippen LogP contribution in [0.4, 0.5) is 5.69 Å². The summed E-state index contributed by atoms with van der Waals surface area (Å²) in [6.07, 6.45) is 2.10. The van der Waals surface area contributed by atoms with Gasteiger partial charge in [-0.1, -0.05) is 23.4 Å². The molecular formula is C20H24N4O3S. The van der Waals surface area contributed by atoms with Crippen LogP contribution in [-0.2, 0) is 16.6 Å². The lowest BCUT2D eigenvalue weighted by atomic mass is 10.2. The molecule has 28 heavy (non-hydrogen) atoms. The van der Waals surface area contributed by atoms with Crippen molar-refractivity contribution in [3.63, 3.8) is 0 Å². The monoisotopic (exact) mass is 400 g/mol. The molecule has 1 aliphatic carbocycles. The Morgan fingerprint density at radius 3 is 2.54 bits per heavy atom. The topological polar surface area (TPSA) is 90.0 Å². The average Bonchev–Trinajstić information content (AvgIpc) is 3.32. The van der Waals surface area contributed by atoms with E-state index in [9.17, 15) is 8.42 Å². The lowest BCUT2D eigenvalue weighted by Crippen LogP contribution is -2.15. The predicted molar refractivity (Wildman–Crippen MR) is 107 cm³/mol. The molecule has 2 heterocycles. The Morgan fingerprint density at radius 2 is 1.89 bits per heavy atom. The minimum atomic E-state index is -3.85. The van der Waals surface area contributed by atoms with Crippen LogP contribution in [0.1, 0.15) is 48.5 Å². The van der Waals surface area contributed by atoms with Gasteiger partial charge in [-0.2, -0.15) is 4.98 Å². The number of benzene rings is 1. The number of rotatable bonds is 6. The lowest BCUT2D eigenvalue weighted by molar-refractivity contribution is 0.421. The zero-order valence-corrected chi connectivity index (χ0v) is 17.3. The van der Waals surface area contributed by atoms with Crippen LogP contribution in [0.5, 0.6) is 0 Å². The molecule has 0 bridgehead atoms. The SMILES string of the molecule is CCn1c(C)c(-c2nc(C3CC3)no2)c(S(=O)(=O)Nc2ccccc2C)c1C. The van der Waals surface area contributed by atoms with E-state index in [1.165, 1.54) is 0 Å². The van der Waals surface area contributed by atoms with Gasteiger partial charge in [0.1, 0.15) is 4.90 Å². The summed E-state index contributed by atoms with van der Waals surface area (Å²) in [7, 11) is -3.85. The molecule has 0 amide bonds. The van der Waals surface area contributed by atoms with Gasteiger partial charge in [0.15, 0.2) is 5.82 Å². The molecule has 0 aliphatic heterocycles. The van der Waals surface area contributed by atoms with Crippen LogP contribution in [0.15, 0.2) is 33.7 Å². The summed E-state index contributed by atoms with van der Waals surface area (Å²) < 4.78 is 37.0. The number of hydrogen-bond acceptors (Lipinski definition) is 5. The van der Waals surface area contributed by atoms with Crippen molar-refractivity contribution < 1.29 is 12.9 Å². The van der Waals surface area contributed by atoms with Gasteiger partial charge in [-0.25, -0.2) is 8.42 Å². The summed E-state index contributed by atoms with van der Waals surface area (Å²) in [5.74, 6) is 1.25. The van der Waals surface area contributed by atoms with Crippen molar-refractivity contribution in [3.05, 3.63) is 47.0 Å². The number of nitrogens with one attached hydrogen (secondary N) is 1. The van der Waals surface area contributed by atoms with E-state index < -0.39 is 10.0 Å². The van der Waals surface area contributed by atoms with Gasteiger partial charge >= 0.3 is 0 Å². The number of anilines is 1. The lowest BCUT2D eigenvalue weighted by Gasteiger charge is -2.11. The Hall–Kier alpha value is -2.61. The smallest absolute Gasteiger partial charge is 0.264 e. The first-order chi connectivity index (χ1) is 13.3. The number of sulfonamides is 1. The van der Waals surface area contributed by atoms with Gasteiger partial charge in [0.2, 0.25) is 0 Å². The molecule has 1 fully saturated rings. The third-order valence-corrected chi connectivity index (χ3v) is 6.83. The molecule has 1 saturated carbocycles. The molecule has 0 atom stereocenters. The van der Waals surface area contributed by atoms with E-state index in [1.54, 1.807) is 12.1 Å². The quantitative estimate of drug-likeness (QED) is 0.671. The van der Waals surface area contributed by atoms with Gasteiger partial charge in [0.25, 0.3) is 15.9 Å². The summed E-state index contributed by atoms with van der Waals surface area (Å²) in [5, 5.41) is 4.07. The standard InChI is InChI=1S/C20H24N4O3S/c1-5-24-13(3)17(20-21-19(22-27-20)15-10-11-15)18(14(24)4)28(25,26)23-16-9-7-6-8-12(16)2/h6-9,15,23H,5,10-11H2,1-4H3. The van der Waals surface area contributed by atoms with Crippen molar-refractivity contribution in [2.75, 3.05) is 4.72 Å². The minimum absolute atomic E-state index is 0.195. The maximum atomic E-state index is 13.4. The first-order valence-electron chi connectivity index (χ1n) is 9.45. The number of hydrogen-bond donors (Lipinski definition) is 1. The molecule has 0 saturated heterocycles. The van der Waals surface area contributed by atoms with E-state index >= 15 is 0 Å². The Bertz CT molecular complexity index is 1140. The highest BCUT2D eigenvalue weighted by Crippen LogP contribution is 2.41. The summed E-state index contributed by atoms with van der Waals surface area (Å²) in [5.41, 5.74) is 3.35. The van der Waals surface area contributed by atoms with E-state index in [2.05, 4.69) is 14.9 Å². The summed E-state index contributed by atoms with van der Waals surface area (Å²) in [6, 6.07) is 7.30. The molecule has 3 aromatic rings. The molecule has 0 radical (unpaired) electrons. The first kappa shape index (κ1) is 18.7. The van der Waals surface area contributed by atoms with E-state index in [-0.39, 0.29) is 10.8 Å². The van der Waals surface area contributed by atoms with E-state index in [0.717, 1.165) is 24.1 Å². The van der Waals surface area contributed by atoms with Gasteiger partial charge in [0.05, 0.1) is 11.3 Å². The second-order valence-electron chi connectivity index (χ2n) is 7.27. The summed E-state index contributed by atoms with van der Waals surface area (Å²) in [6.45, 7) is 8.20. The van der Waals surface area contributed by atoms with Crippen LogP contribution >= 0.6 is 0 Å². The van der Waals surface area contributed by atoms with Crippen molar-refractivity contribution in [1.29, 1.82) is 0 Å². The molecule has 0 unspecified atom stereocenters. The maximum Gasteiger partial charge on any atom is 0.264 e. The molecule has 0 spiro atoms. The molecule has 1 aliphatic rings. The van der Waals surface area contributed by atoms with Crippen molar-refractivity contribution >= 4 is 15.7 Å². The highest BCUT2D eigenvalue weighted by molar-refractivity contribution is 7.93. The third-order valence-electron chi connectivity index (χ3n) is 5.30. The van der Waals surface area contributed by atoms with Crippen molar-refractivity contribution in [3.8, 4) is 11.5 Å². The van der Waals surface area contributed by atoms with Crippen molar-refractivity contribution in [2.45, 2.75) is 57.9 Å². The van der Waals surface area contributed by atoms with Gasteiger partial charge in [-0.05, 0) is 52.2 Å². The van der Waals surface area contributed by atoms with Crippen LogP contribution in [-0.4, -0.2) is 23.1 Å². The van der Waals surface area contributed by atoms with Crippen LogP contribution in [0.3, 0.4) is 0 Å². The van der Waals surface area contributed by atoms with E-state index in [0.29, 0.717) is 35.2 Å². The van der Waals surface area contributed by atoms with Crippen molar-refractivity contribution in [2.24, 2.45) is 0 Å². The van der Waals surface area contributed by atoms with E-state index in [1.807, 2.05) is 44.4 Å². The van der Waals surface area contributed by atoms with E-state index in [4.69, 9.17) is 4.52 Å². The Kier molecular flexibility index (Phi) is 4.53. The second kappa shape index (κ2) is 6.77. The Labute approximate surface area is 164 Å². The number of para-hydroxylation sites is 1. The van der Waals surface area contributed by atoms with Gasteiger partial charge < -0.3 is 9.09 Å². The normalized spacial score (nSPS) is 14.4. The molecule has 1 aromatic carbocycles. The molecule has 148 valence electrons. The number of aromatic nitrogens is 3. The zero-order valence-electron chi connectivity index (χ0n) is 16.5. The summed E-state index contributed by atoms with van der Waals surface area (Å²) in [4.78, 5) is 4.70. The molecule has 2 aromatic heterocycles. The number of nitrogens with zero attached hydrogens (tertiary/aromatic N) is 3. The van der Waals surface area contributed by atoms with Crippen LogP contribution in [0.25, 0.3) is 11.5 Å². The molecular weight excluding hydrogens is 376 g/mol. The second-order valence-corrected chi connectivity index (χ2v) is 8.89. The number of aryl methyl sites for hydroxylation is 1. The highest BCUT2D eigenvalue weighted by Gasteiger charge is 2.34. The average molecular weight is 401 g/mol. The fourth-order valence-electron chi connectivity index (χ4n) is 3.64. The van der Waals surface area contributed by atoms with Crippen LogP contribution < -0.4 is 4.72 Å². The van der Waals surface area contributed by atoms with Gasteiger partial charge in [-0.15, -0.1) is 0 Å². The maximum absolute atomic E-state index is 13.4. The van der Waals surface area contributed by atoms with Crippen LogP contribution in [0.2, 0.25) is 0 Å². The molecule has 1 N–H and O–H groups in total. The fourth-order valence-corrected chi connectivity index (χ4v) is 5.26. The zero-order chi connectivity index (χ0) is 20.1. The Morgan fingerprint density at radius 1 is 1.18 bits per heavy atom. The summed E-state index contributed by atoms with van der Waals surface area (Å²) >= 11 is 0. The predicted octanol–water partition coefficient (Wildman–Crippen LogP) is 4.16. The molecule has 7 nitrogen and oxygen atoms in total. The van der Waals surface area contributed by atoms with Crippen LogP contribution in [0, 0.1) is 20.8 Å². The van der Waals surface area contributed by atoms with Gasteiger partial charge in [0, 0.05) is 23.9 Å². The van der Waals surface area contributed by atoms with Gasteiger partial charge in [-0.3, -0.25) is 4.72 Å².